The molecule has 0 aliphatic carbocycles. The van der Waals surface area contributed by atoms with Crippen LogP contribution in [0.15, 0.2) is 65.0 Å². The fourth-order valence-electron chi connectivity index (χ4n) is 4.67. The van der Waals surface area contributed by atoms with Crippen LogP contribution in [-0.2, 0) is 9.59 Å². The maximum atomic E-state index is 13.0. The quantitative estimate of drug-likeness (QED) is 0.468. The Morgan fingerprint density at radius 2 is 1.48 bits per heavy atom. The SMILES string of the molecule is CC(=O)C1=C(C)N(c2nc3ccc(C)cc3s2)C(C)=C(C(C)=O)C1c1ccc(N(C)C)cc1. The van der Waals surface area contributed by atoms with E-state index in [0.29, 0.717) is 11.1 Å². The van der Waals surface area contributed by atoms with Gasteiger partial charge in [0.1, 0.15) is 0 Å². The molecule has 0 amide bonds. The Bertz CT molecular complexity index is 1290. The molecule has 0 N–H and O–H groups in total. The predicted molar refractivity (Wildman–Crippen MR) is 137 cm³/mol. The van der Waals surface area contributed by atoms with Gasteiger partial charge in [0.2, 0.25) is 0 Å². The number of nitrogens with zero attached hydrogens (tertiary/aromatic N) is 3. The molecule has 4 rings (SSSR count). The van der Waals surface area contributed by atoms with Gasteiger partial charge >= 0.3 is 0 Å². The Kier molecular flexibility index (Phi) is 5.97. The summed E-state index contributed by atoms with van der Waals surface area (Å²) in [6.45, 7) is 9.13. The number of aryl methyl sites for hydroxylation is 1. The highest BCUT2D eigenvalue weighted by Crippen LogP contribution is 2.45. The normalized spacial score (nSPS) is 14.9. The predicted octanol–water partition coefficient (Wildman–Crippen LogP) is 6.00. The van der Waals surface area contributed by atoms with Crippen molar-refractivity contribution in [2.24, 2.45) is 0 Å². The number of aromatic nitrogens is 1. The van der Waals surface area contributed by atoms with E-state index in [1.807, 2.05) is 74.1 Å². The third kappa shape index (κ3) is 4.00. The lowest BCUT2D eigenvalue weighted by atomic mass is 9.77. The molecule has 0 unspecified atom stereocenters. The second-order valence-corrected chi connectivity index (χ2v) is 9.84. The number of rotatable bonds is 5. The molecule has 0 saturated heterocycles. The van der Waals surface area contributed by atoms with Gasteiger partial charge in [0.25, 0.3) is 0 Å². The van der Waals surface area contributed by atoms with E-state index in [2.05, 4.69) is 13.0 Å². The summed E-state index contributed by atoms with van der Waals surface area (Å²) in [4.78, 5) is 34.8. The minimum absolute atomic E-state index is 0.0395. The summed E-state index contributed by atoms with van der Waals surface area (Å²) in [5, 5.41) is 0.768. The molecule has 33 heavy (non-hydrogen) atoms. The average molecular weight is 460 g/mol. The molecule has 3 aromatic rings. The molecule has 0 bridgehead atoms. The maximum Gasteiger partial charge on any atom is 0.195 e. The highest BCUT2D eigenvalue weighted by molar-refractivity contribution is 7.22. The smallest absolute Gasteiger partial charge is 0.195 e. The van der Waals surface area contributed by atoms with E-state index < -0.39 is 5.92 Å². The van der Waals surface area contributed by atoms with Crippen LogP contribution in [0.3, 0.4) is 0 Å². The van der Waals surface area contributed by atoms with Gasteiger partial charge in [-0.05, 0) is 70.0 Å². The minimum Gasteiger partial charge on any atom is -0.378 e. The van der Waals surface area contributed by atoms with Crippen molar-refractivity contribution >= 4 is 43.9 Å². The number of anilines is 2. The number of thiazole rings is 1. The molecule has 1 aliphatic heterocycles. The van der Waals surface area contributed by atoms with Crippen molar-refractivity contribution < 1.29 is 9.59 Å². The Morgan fingerprint density at radius 1 is 0.909 bits per heavy atom. The summed E-state index contributed by atoms with van der Waals surface area (Å²) in [7, 11) is 3.98. The molecule has 1 aliphatic rings. The molecular formula is C27H29N3O2S. The van der Waals surface area contributed by atoms with Crippen LogP contribution >= 0.6 is 11.3 Å². The van der Waals surface area contributed by atoms with Crippen molar-refractivity contribution in [3.8, 4) is 0 Å². The summed E-state index contributed by atoms with van der Waals surface area (Å²) in [5.41, 5.74) is 7.01. The molecule has 170 valence electrons. The van der Waals surface area contributed by atoms with Gasteiger partial charge < -0.3 is 4.90 Å². The first-order valence-electron chi connectivity index (χ1n) is 11.0. The molecule has 0 radical (unpaired) electrons. The lowest BCUT2D eigenvalue weighted by molar-refractivity contribution is -0.114. The van der Waals surface area contributed by atoms with Crippen LogP contribution in [-0.4, -0.2) is 30.6 Å². The zero-order valence-corrected chi connectivity index (χ0v) is 21.0. The van der Waals surface area contributed by atoms with Gasteiger partial charge in [-0.1, -0.05) is 29.5 Å². The molecule has 6 heteroatoms. The Hall–Kier alpha value is -3.25. The molecule has 2 aromatic carbocycles. The second kappa shape index (κ2) is 8.60. The molecule has 0 spiro atoms. The number of hydrogen-bond acceptors (Lipinski definition) is 6. The van der Waals surface area contributed by atoms with Crippen molar-refractivity contribution in [3.63, 3.8) is 0 Å². The number of carbonyl (C=O) groups excluding carboxylic acids is 2. The van der Waals surface area contributed by atoms with E-state index in [0.717, 1.165) is 38.0 Å². The molecule has 0 saturated carbocycles. The zero-order valence-electron chi connectivity index (χ0n) is 20.2. The number of allylic oxidation sites excluding steroid dienone is 4. The number of ketones is 2. The first-order valence-corrected chi connectivity index (χ1v) is 11.8. The van der Waals surface area contributed by atoms with Crippen LogP contribution in [0, 0.1) is 6.92 Å². The van der Waals surface area contributed by atoms with E-state index in [9.17, 15) is 9.59 Å². The fourth-order valence-corrected chi connectivity index (χ4v) is 5.84. The Morgan fingerprint density at radius 3 is 2.00 bits per heavy atom. The molecule has 1 aromatic heterocycles. The summed E-state index contributed by atoms with van der Waals surface area (Å²) in [6, 6.07) is 14.3. The minimum atomic E-state index is -0.399. The van der Waals surface area contributed by atoms with Crippen LogP contribution in [0.1, 0.15) is 44.7 Å². The highest BCUT2D eigenvalue weighted by Gasteiger charge is 2.38. The van der Waals surface area contributed by atoms with Crippen LogP contribution in [0.25, 0.3) is 10.2 Å². The van der Waals surface area contributed by atoms with E-state index in [4.69, 9.17) is 4.98 Å². The van der Waals surface area contributed by atoms with Crippen LogP contribution < -0.4 is 9.80 Å². The fraction of sp³-hybridized carbons (Fsp3) is 0.296. The Labute approximate surface area is 199 Å². The second-order valence-electron chi connectivity index (χ2n) is 8.83. The van der Waals surface area contributed by atoms with Gasteiger partial charge in [0, 0.05) is 48.2 Å². The Balaban J connectivity index is 1.93. The number of carbonyl (C=O) groups is 2. The standard InChI is InChI=1S/C27H29N3O2S/c1-15-8-13-22-23(14-15)33-27(28-22)30-16(2)24(18(4)31)26(25(17(30)3)19(5)32)20-9-11-21(12-10-20)29(6)7/h8-14,26H,1-7H3. The van der Waals surface area contributed by atoms with Gasteiger partial charge in [-0.3, -0.25) is 14.5 Å². The van der Waals surface area contributed by atoms with Crippen LogP contribution in [0.2, 0.25) is 0 Å². The van der Waals surface area contributed by atoms with Gasteiger partial charge in [0.05, 0.1) is 10.2 Å². The van der Waals surface area contributed by atoms with Crippen molar-refractivity contribution in [3.05, 3.63) is 76.1 Å². The lowest BCUT2D eigenvalue weighted by Gasteiger charge is -2.37. The van der Waals surface area contributed by atoms with E-state index >= 15 is 0 Å². The number of fused-ring (bicyclic) bond motifs is 1. The third-order valence-electron chi connectivity index (χ3n) is 6.25. The number of benzene rings is 2. The van der Waals surface area contributed by atoms with E-state index in [1.54, 1.807) is 25.2 Å². The first-order chi connectivity index (χ1) is 15.6. The first kappa shape index (κ1) is 22.9. The average Bonchev–Trinajstić information content (AvgIpc) is 3.15. The number of hydrogen-bond donors (Lipinski definition) is 0. The van der Waals surface area contributed by atoms with Gasteiger partial charge in [-0.2, -0.15) is 0 Å². The maximum absolute atomic E-state index is 13.0. The van der Waals surface area contributed by atoms with Crippen molar-refractivity contribution in [1.29, 1.82) is 0 Å². The monoisotopic (exact) mass is 459 g/mol. The molecule has 5 nitrogen and oxygen atoms in total. The third-order valence-corrected chi connectivity index (χ3v) is 7.26. The summed E-state index contributed by atoms with van der Waals surface area (Å²) in [5.74, 6) is -0.478. The lowest BCUT2D eigenvalue weighted by Crippen LogP contribution is -2.33. The van der Waals surface area contributed by atoms with Crippen molar-refractivity contribution in [1.82, 2.24) is 4.98 Å². The van der Waals surface area contributed by atoms with Crippen LogP contribution in [0.4, 0.5) is 10.8 Å². The molecule has 2 heterocycles. The summed E-state index contributed by atoms with van der Waals surface area (Å²) >= 11 is 1.57. The highest BCUT2D eigenvalue weighted by atomic mass is 32.1. The number of Topliss-reactive ketones (excluding diaryl/α,β-unsaturated/α-hetero) is 2. The van der Waals surface area contributed by atoms with Gasteiger partial charge in [0.15, 0.2) is 16.7 Å². The molecule has 0 fully saturated rings. The largest absolute Gasteiger partial charge is 0.378 e. The van der Waals surface area contributed by atoms with Crippen LogP contribution in [0.5, 0.6) is 0 Å². The topological polar surface area (TPSA) is 53.5 Å². The van der Waals surface area contributed by atoms with Crippen molar-refractivity contribution in [2.45, 2.75) is 40.5 Å². The molecule has 0 atom stereocenters. The van der Waals surface area contributed by atoms with Gasteiger partial charge in [-0.15, -0.1) is 0 Å². The van der Waals surface area contributed by atoms with Gasteiger partial charge in [-0.25, -0.2) is 4.98 Å². The summed E-state index contributed by atoms with van der Waals surface area (Å²) < 4.78 is 1.08. The zero-order chi connectivity index (χ0) is 24.0. The summed E-state index contributed by atoms with van der Waals surface area (Å²) in [6.07, 6.45) is 0. The van der Waals surface area contributed by atoms with Crippen molar-refractivity contribution in [2.75, 3.05) is 23.9 Å². The van der Waals surface area contributed by atoms with E-state index in [1.165, 1.54) is 5.56 Å². The van der Waals surface area contributed by atoms with E-state index in [-0.39, 0.29) is 11.6 Å². The molecular weight excluding hydrogens is 430 g/mol.